The van der Waals surface area contributed by atoms with Gasteiger partial charge in [-0.15, -0.1) is 0 Å². The number of hydrogen-bond acceptors (Lipinski definition) is 4. The van der Waals surface area contributed by atoms with Gasteiger partial charge in [-0.05, 0) is 45.4 Å². The van der Waals surface area contributed by atoms with Gasteiger partial charge in [-0.1, -0.05) is 6.58 Å². The number of anilines is 1. The predicted octanol–water partition coefficient (Wildman–Crippen LogP) is 2.85. The van der Waals surface area contributed by atoms with Crippen LogP contribution in [0.25, 0.3) is 0 Å². The summed E-state index contributed by atoms with van der Waals surface area (Å²) in [6, 6.07) is 2.44. The van der Waals surface area contributed by atoms with Crippen molar-refractivity contribution in [1.29, 1.82) is 0 Å². The quantitative estimate of drug-likeness (QED) is 0.527. The van der Waals surface area contributed by atoms with Crippen molar-refractivity contribution in [1.82, 2.24) is 4.90 Å². The van der Waals surface area contributed by atoms with Gasteiger partial charge in [0.05, 0.1) is 11.0 Å². The summed E-state index contributed by atoms with van der Waals surface area (Å²) in [5.41, 5.74) is 5.45. The molecule has 0 unspecified atom stereocenters. The van der Waals surface area contributed by atoms with Crippen LogP contribution in [0.1, 0.15) is 36.7 Å². The molecule has 0 saturated heterocycles. The number of nitrogen functional groups attached to an aromatic ring is 1. The molecule has 0 aliphatic rings. The number of rotatable bonds is 4. The molecule has 0 spiro atoms. The highest BCUT2D eigenvalue weighted by molar-refractivity contribution is 5.99. The lowest BCUT2D eigenvalue weighted by Crippen LogP contribution is -2.33. The number of halogens is 1. The van der Waals surface area contributed by atoms with Gasteiger partial charge in [-0.2, -0.15) is 0 Å². The molecule has 1 aromatic carbocycles. The smallest absolute Gasteiger partial charge is 0.312 e. The molecule has 0 bridgehead atoms. The van der Waals surface area contributed by atoms with Crippen molar-refractivity contribution >= 4 is 17.6 Å². The third-order valence-electron chi connectivity index (χ3n) is 2.99. The number of nitrogens with zero attached hydrogens (tertiary/aromatic N) is 1. The molecular formula is C16H21FN2O3. The fourth-order valence-corrected chi connectivity index (χ4v) is 1.58. The molecule has 5 nitrogen and oxygen atoms in total. The van der Waals surface area contributed by atoms with Gasteiger partial charge in [0, 0.05) is 11.9 Å². The van der Waals surface area contributed by atoms with E-state index in [1.807, 2.05) is 0 Å². The normalized spacial score (nSPS) is 11.0. The minimum atomic E-state index is -0.679. The van der Waals surface area contributed by atoms with Crippen LogP contribution in [0.5, 0.6) is 0 Å². The molecule has 0 atom stereocenters. The Bertz CT molecular complexity index is 606. The summed E-state index contributed by atoms with van der Waals surface area (Å²) in [6.07, 6.45) is 1.23. The lowest BCUT2D eigenvalue weighted by Gasteiger charge is -2.22. The van der Waals surface area contributed by atoms with Gasteiger partial charge < -0.3 is 10.5 Å². The summed E-state index contributed by atoms with van der Waals surface area (Å²) in [5.74, 6) is -1.45. The Hall–Kier alpha value is -2.37. The maximum atomic E-state index is 13.4. The zero-order chi connectivity index (χ0) is 17.1. The van der Waals surface area contributed by atoms with E-state index in [1.165, 1.54) is 19.2 Å². The summed E-state index contributed by atoms with van der Waals surface area (Å²) in [4.78, 5) is 25.2. The lowest BCUT2D eigenvalue weighted by atomic mass is 9.98. The predicted molar refractivity (Wildman–Crippen MR) is 82.3 cm³/mol. The minimum absolute atomic E-state index is 0.0158. The van der Waals surface area contributed by atoms with E-state index in [0.717, 1.165) is 11.0 Å². The third kappa shape index (κ3) is 4.07. The lowest BCUT2D eigenvalue weighted by molar-refractivity contribution is -0.155. The molecular weight excluding hydrogens is 287 g/mol. The number of amides is 1. The number of hydrogen-bond donors (Lipinski definition) is 1. The topological polar surface area (TPSA) is 72.6 Å². The monoisotopic (exact) mass is 308 g/mol. The van der Waals surface area contributed by atoms with E-state index in [0.29, 0.717) is 5.56 Å². The van der Waals surface area contributed by atoms with Crippen molar-refractivity contribution in [2.45, 2.75) is 27.7 Å². The zero-order valence-electron chi connectivity index (χ0n) is 13.3. The molecule has 1 amide bonds. The van der Waals surface area contributed by atoms with Crippen LogP contribution in [0.4, 0.5) is 10.1 Å². The molecule has 0 aromatic heterocycles. The van der Waals surface area contributed by atoms with Crippen LogP contribution in [0.15, 0.2) is 24.9 Å². The first kappa shape index (κ1) is 17.7. The largest absolute Gasteiger partial charge is 0.443 e. The second-order valence-electron chi connectivity index (χ2n) is 5.96. The van der Waals surface area contributed by atoms with E-state index >= 15 is 0 Å². The zero-order valence-corrected chi connectivity index (χ0v) is 13.3. The first-order valence-corrected chi connectivity index (χ1v) is 6.74. The summed E-state index contributed by atoms with van der Waals surface area (Å²) < 4.78 is 18.5. The SMILES string of the molecule is C=CN(COC(=O)C(C)(C)C)C(=O)c1cc(C)c(F)cc1N. The van der Waals surface area contributed by atoms with Gasteiger partial charge in [0.15, 0.2) is 6.73 Å². The molecule has 1 aromatic rings. The van der Waals surface area contributed by atoms with Crippen LogP contribution in [-0.2, 0) is 9.53 Å². The average molecular weight is 308 g/mol. The highest BCUT2D eigenvalue weighted by Gasteiger charge is 2.25. The fraction of sp³-hybridized carbons (Fsp3) is 0.375. The molecule has 2 N–H and O–H groups in total. The first-order valence-electron chi connectivity index (χ1n) is 6.74. The molecule has 0 aliphatic carbocycles. The van der Waals surface area contributed by atoms with E-state index in [2.05, 4.69) is 6.58 Å². The van der Waals surface area contributed by atoms with E-state index in [4.69, 9.17) is 10.5 Å². The Morgan fingerprint density at radius 3 is 2.50 bits per heavy atom. The average Bonchev–Trinajstić information content (AvgIpc) is 2.41. The first-order chi connectivity index (χ1) is 10.1. The maximum absolute atomic E-state index is 13.4. The number of carbonyl (C=O) groups is 2. The van der Waals surface area contributed by atoms with E-state index in [-0.39, 0.29) is 18.0 Å². The molecule has 0 heterocycles. The van der Waals surface area contributed by atoms with Gasteiger partial charge >= 0.3 is 5.97 Å². The Morgan fingerprint density at radius 2 is 2.00 bits per heavy atom. The highest BCUT2D eigenvalue weighted by Crippen LogP contribution is 2.20. The summed E-state index contributed by atoms with van der Waals surface area (Å²) >= 11 is 0. The molecule has 0 saturated carbocycles. The minimum Gasteiger partial charge on any atom is -0.443 e. The van der Waals surface area contributed by atoms with E-state index in [9.17, 15) is 14.0 Å². The van der Waals surface area contributed by atoms with Crippen molar-refractivity contribution in [2.24, 2.45) is 5.41 Å². The standard InChI is InChI=1S/C16H21FN2O3/c1-6-19(9-22-15(21)16(3,4)5)14(20)11-7-10(2)12(17)8-13(11)18/h6-8H,1,9,18H2,2-5H3. The van der Waals surface area contributed by atoms with Crippen LogP contribution < -0.4 is 5.73 Å². The number of nitrogens with two attached hydrogens (primary N) is 1. The van der Waals surface area contributed by atoms with Crippen LogP contribution in [0.2, 0.25) is 0 Å². The van der Waals surface area contributed by atoms with Crippen LogP contribution >= 0.6 is 0 Å². The van der Waals surface area contributed by atoms with E-state index in [1.54, 1.807) is 20.8 Å². The summed E-state index contributed by atoms with van der Waals surface area (Å²) in [6.45, 7) is 9.88. The van der Waals surface area contributed by atoms with Crippen molar-refractivity contribution in [2.75, 3.05) is 12.5 Å². The van der Waals surface area contributed by atoms with Gasteiger partial charge in [-0.3, -0.25) is 14.5 Å². The Kier molecular flexibility index (Phi) is 5.30. The second kappa shape index (κ2) is 6.60. The van der Waals surface area contributed by atoms with Crippen LogP contribution in [-0.4, -0.2) is 23.5 Å². The van der Waals surface area contributed by atoms with Crippen LogP contribution in [0, 0.1) is 18.2 Å². The van der Waals surface area contributed by atoms with Crippen molar-refractivity contribution in [3.63, 3.8) is 0 Å². The number of esters is 1. The van der Waals surface area contributed by atoms with Crippen molar-refractivity contribution < 1.29 is 18.7 Å². The molecule has 0 radical (unpaired) electrons. The van der Waals surface area contributed by atoms with Crippen molar-refractivity contribution in [3.05, 3.63) is 41.9 Å². The van der Waals surface area contributed by atoms with Gasteiger partial charge in [-0.25, -0.2) is 4.39 Å². The molecule has 0 aliphatic heterocycles. The number of ether oxygens (including phenoxy) is 1. The number of benzene rings is 1. The number of carbonyl (C=O) groups excluding carboxylic acids is 2. The Labute approximate surface area is 129 Å². The third-order valence-corrected chi connectivity index (χ3v) is 2.99. The number of aryl methyl sites for hydroxylation is 1. The van der Waals surface area contributed by atoms with Gasteiger partial charge in [0.1, 0.15) is 5.82 Å². The summed E-state index contributed by atoms with van der Waals surface area (Å²) in [5, 5.41) is 0. The second-order valence-corrected chi connectivity index (χ2v) is 5.96. The molecule has 1 rings (SSSR count). The molecule has 6 heteroatoms. The van der Waals surface area contributed by atoms with Crippen LogP contribution in [0.3, 0.4) is 0 Å². The highest BCUT2D eigenvalue weighted by atomic mass is 19.1. The van der Waals surface area contributed by atoms with E-state index < -0.39 is 23.1 Å². The fourth-order valence-electron chi connectivity index (χ4n) is 1.58. The Morgan fingerprint density at radius 1 is 1.41 bits per heavy atom. The molecule has 0 fully saturated rings. The summed E-state index contributed by atoms with van der Waals surface area (Å²) in [7, 11) is 0. The Balaban J connectivity index is 2.92. The molecule has 120 valence electrons. The maximum Gasteiger partial charge on any atom is 0.312 e. The van der Waals surface area contributed by atoms with Gasteiger partial charge in [0.25, 0.3) is 5.91 Å². The molecule has 22 heavy (non-hydrogen) atoms. The van der Waals surface area contributed by atoms with Gasteiger partial charge in [0.2, 0.25) is 0 Å². The van der Waals surface area contributed by atoms with Crippen molar-refractivity contribution in [3.8, 4) is 0 Å².